The Morgan fingerprint density at radius 1 is 1.00 bits per heavy atom. The van der Waals surface area contributed by atoms with Gasteiger partial charge in [-0.2, -0.15) is 0 Å². The molecule has 2 N–H and O–H groups in total. The lowest BCUT2D eigenvalue weighted by atomic mass is 9.85. The Balaban J connectivity index is 2.33. The minimum atomic E-state index is -0.992. The van der Waals surface area contributed by atoms with Gasteiger partial charge in [0.2, 0.25) is 0 Å². The first-order valence-corrected chi connectivity index (χ1v) is 10.4. The quantitative estimate of drug-likeness (QED) is 0.512. The molecule has 0 amide bonds. The number of carbonyl (C=O) groups excluding carboxylic acids is 1. The maximum Gasteiger partial charge on any atom is 0.335 e. The molecule has 2 aromatic rings. The number of phenolic OH excluding ortho intramolecular Hbond substituents is 1. The van der Waals surface area contributed by atoms with Gasteiger partial charge in [0.15, 0.2) is 5.78 Å². The molecular formula is C24H31NO4. The smallest absolute Gasteiger partial charge is 0.335 e. The van der Waals surface area contributed by atoms with Gasteiger partial charge in [0.1, 0.15) is 5.75 Å². The summed E-state index contributed by atoms with van der Waals surface area (Å²) < 4.78 is 0. The van der Waals surface area contributed by atoms with Gasteiger partial charge in [0.25, 0.3) is 0 Å². The van der Waals surface area contributed by atoms with Gasteiger partial charge in [-0.3, -0.25) is 4.79 Å². The standard InChI is InChI=1S/C24H31NO4/c1-4-7-10-18(15-17-11-8-9-12-20(17)24(28)29)23(27)21-14-13-19(16-22(21)26)25(5-2)6-3/h8-9,11-14,16,18,26H,4-7,10,15H2,1-3H3,(H,28,29). The van der Waals surface area contributed by atoms with Crippen LogP contribution in [-0.2, 0) is 6.42 Å². The van der Waals surface area contributed by atoms with Crippen molar-refractivity contribution in [3.63, 3.8) is 0 Å². The van der Waals surface area contributed by atoms with Crippen LogP contribution in [0.2, 0.25) is 0 Å². The number of rotatable bonds is 11. The monoisotopic (exact) mass is 397 g/mol. The van der Waals surface area contributed by atoms with Crippen molar-refractivity contribution in [2.45, 2.75) is 46.5 Å². The Hall–Kier alpha value is -2.82. The van der Waals surface area contributed by atoms with Crippen LogP contribution in [0.25, 0.3) is 0 Å². The van der Waals surface area contributed by atoms with Crippen molar-refractivity contribution in [3.05, 3.63) is 59.2 Å². The van der Waals surface area contributed by atoms with E-state index in [2.05, 4.69) is 11.8 Å². The van der Waals surface area contributed by atoms with Crippen molar-refractivity contribution in [3.8, 4) is 5.75 Å². The highest BCUT2D eigenvalue weighted by Gasteiger charge is 2.25. The van der Waals surface area contributed by atoms with E-state index in [9.17, 15) is 19.8 Å². The topological polar surface area (TPSA) is 77.8 Å². The summed E-state index contributed by atoms with van der Waals surface area (Å²) in [6.45, 7) is 7.77. The Kier molecular flexibility index (Phi) is 8.25. The molecule has 0 aliphatic carbocycles. The number of nitrogens with zero attached hydrogens (tertiary/aromatic N) is 1. The number of hydrogen-bond acceptors (Lipinski definition) is 4. The highest BCUT2D eigenvalue weighted by molar-refractivity contribution is 6.01. The number of carboxylic acids is 1. The van der Waals surface area contributed by atoms with Crippen molar-refractivity contribution in [1.29, 1.82) is 0 Å². The fourth-order valence-corrected chi connectivity index (χ4v) is 3.68. The molecule has 0 fully saturated rings. The summed E-state index contributed by atoms with van der Waals surface area (Å²) >= 11 is 0. The molecule has 0 bridgehead atoms. The van der Waals surface area contributed by atoms with Gasteiger partial charge in [-0.1, -0.05) is 38.0 Å². The number of unbranched alkanes of at least 4 members (excludes halogenated alkanes) is 1. The van der Waals surface area contributed by atoms with Gasteiger partial charge in [0.05, 0.1) is 11.1 Å². The van der Waals surface area contributed by atoms with Gasteiger partial charge in [-0.25, -0.2) is 4.79 Å². The van der Waals surface area contributed by atoms with Crippen LogP contribution < -0.4 is 4.90 Å². The molecule has 0 aliphatic heterocycles. The summed E-state index contributed by atoms with van der Waals surface area (Å²) in [7, 11) is 0. The lowest BCUT2D eigenvalue weighted by Gasteiger charge is -2.22. The maximum absolute atomic E-state index is 13.3. The Morgan fingerprint density at radius 3 is 2.28 bits per heavy atom. The molecule has 29 heavy (non-hydrogen) atoms. The summed E-state index contributed by atoms with van der Waals surface area (Å²) in [5, 5.41) is 20.0. The van der Waals surface area contributed by atoms with E-state index in [0.29, 0.717) is 24.0 Å². The molecule has 2 aromatic carbocycles. The van der Waals surface area contributed by atoms with Crippen LogP contribution in [0, 0.1) is 5.92 Å². The first kappa shape index (κ1) is 22.5. The molecule has 1 unspecified atom stereocenters. The number of aromatic hydroxyl groups is 1. The first-order valence-electron chi connectivity index (χ1n) is 10.4. The summed E-state index contributed by atoms with van der Waals surface area (Å²) in [5.41, 5.74) is 2.05. The minimum Gasteiger partial charge on any atom is -0.507 e. The molecule has 0 saturated carbocycles. The second kappa shape index (κ2) is 10.6. The molecule has 5 heteroatoms. The van der Waals surface area contributed by atoms with Gasteiger partial charge in [-0.15, -0.1) is 0 Å². The summed E-state index contributed by atoms with van der Waals surface area (Å²) in [5.74, 6) is -1.52. The van der Waals surface area contributed by atoms with Gasteiger partial charge in [0, 0.05) is 30.8 Å². The van der Waals surface area contributed by atoms with Crippen molar-refractivity contribution in [2.75, 3.05) is 18.0 Å². The largest absolute Gasteiger partial charge is 0.507 e. The fourth-order valence-electron chi connectivity index (χ4n) is 3.68. The molecule has 0 saturated heterocycles. The molecule has 0 radical (unpaired) electrons. The molecule has 1 atom stereocenters. The SMILES string of the molecule is CCCCC(Cc1ccccc1C(=O)O)C(=O)c1ccc(N(CC)CC)cc1O. The predicted molar refractivity (Wildman–Crippen MR) is 116 cm³/mol. The van der Waals surface area contributed by atoms with Crippen molar-refractivity contribution < 1.29 is 19.8 Å². The lowest BCUT2D eigenvalue weighted by Crippen LogP contribution is -2.22. The number of carboxylic acid groups (broad SMARTS) is 1. The van der Waals surface area contributed by atoms with Crippen molar-refractivity contribution in [2.24, 2.45) is 5.92 Å². The van der Waals surface area contributed by atoms with E-state index in [-0.39, 0.29) is 23.0 Å². The number of aromatic carboxylic acids is 1. The van der Waals surface area contributed by atoms with Crippen LogP contribution in [0.15, 0.2) is 42.5 Å². The average molecular weight is 398 g/mol. The number of carbonyl (C=O) groups is 2. The van der Waals surface area contributed by atoms with E-state index in [1.807, 2.05) is 19.9 Å². The third-order valence-corrected chi connectivity index (χ3v) is 5.37. The number of benzene rings is 2. The van der Waals surface area contributed by atoms with Crippen LogP contribution in [0.1, 0.15) is 66.3 Å². The first-order chi connectivity index (χ1) is 13.9. The highest BCUT2D eigenvalue weighted by Crippen LogP contribution is 2.30. The van der Waals surface area contributed by atoms with Crippen LogP contribution in [0.4, 0.5) is 5.69 Å². The van der Waals surface area contributed by atoms with E-state index in [1.54, 1.807) is 36.4 Å². The average Bonchev–Trinajstić information content (AvgIpc) is 2.72. The Morgan fingerprint density at radius 2 is 1.69 bits per heavy atom. The van der Waals surface area contributed by atoms with Crippen LogP contribution in [0.3, 0.4) is 0 Å². The number of anilines is 1. The van der Waals surface area contributed by atoms with E-state index in [4.69, 9.17) is 0 Å². The third kappa shape index (κ3) is 5.59. The van der Waals surface area contributed by atoms with E-state index >= 15 is 0 Å². The Labute approximate surface area is 173 Å². The molecule has 156 valence electrons. The molecule has 0 spiro atoms. The van der Waals surface area contributed by atoms with Gasteiger partial charge < -0.3 is 15.1 Å². The zero-order valence-corrected chi connectivity index (χ0v) is 17.5. The van der Waals surface area contributed by atoms with Crippen molar-refractivity contribution in [1.82, 2.24) is 0 Å². The van der Waals surface area contributed by atoms with E-state index in [0.717, 1.165) is 31.6 Å². The van der Waals surface area contributed by atoms with Crippen LogP contribution >= 0.6 is 0 Å². The summed E-state index contributed by atoms with van der Waals surface area (Å²) in [6.07, 6.45) is 2.81. The van der Waals surface area contributed by atoms with E-state index in [1.165, 1.54) is 0 Å². The molecule has 5 nitrogen and oxygen atoms in total. The zero-order chi connectivity index (χ0) is 21.4. The van der Waals surface area contributed by atoms with Crippen molar-refractivity contribution >= 4 is 17.4 Å². The predicted octanol–water partition coefficient (Wildman–Crippen LogP) is 5.17. The van der Waals surface area contributed by atoms with Gasteiger partial charge >= 0.3 is 5.97 Å². The number of phenols is 1. The van der Waals surface area contributed by atoms with Crippen LogP contribution in [-0.4, -0.2) is 35.1 Å². The highest BCUT2D eigenvalue weighted by atomic mass is 16.4. The van der Waals surface area contributed by atoms with Gasteiger partial charge in [-0.05, 0) is 50.5 Å². The minimum absolute atomic E-state index is 0.0209. The fraction of sp³-hybridized carbons (Fsp3) is 0.417. The molecule has 0 heterocycles. The summed E-state index contributed by atoms with van der Waals surface area (Å²) in [4.78, 5) is 26.9. The molecule has 0 aromatic heterocycles. The second-order valence-electron chi connectivity index (χ2n) is 7.24. The molecular weight excluding hydrogens is 366 g/mol. The zero-order valence-electron chi connectivity index (χ0n) is 17.5. The third-order valence-electron chi connectivity index (χ3n) is 5.37. The molecule has 0 aliphatic rings. The lowest BCUT2D eigenvalue weighted by molar-refractivity contribution is 0.0693. The van der Waals surface area contributed by atoms with E-state index < -0.39 is 5.97 Å². The Bertz CT molecular complexity index is 843. The normalized spacial score (nSPS) is 11.8. The number of ketones is 1. The number of hydrogen-bond donors (Lipinski definition) is 2. The second-order valence-corrected chi connectivity index (χ2v) is 7.24. The van der Waals surface area contributed by atoms with Crippen LogP contribution in [0.5, 0.6) is 5.75 Å². The molecule has 2 rings (SSSR count). The maximum atomic E-state index is 13.3. The number of Topliss-reactive ketones (excluding diaryl/α,β-unsaturated/α-hetero) is 1. The summed E-state index contributed by atoms with van der Waals surface area (Å²) in [6, 6.07) is 12.0.